The summed E-state index contributed by atoms with van der Waals surface area (Å²) in [6, 6.07) is 18.2. The van der Waals surface area contributed by atoms with E-state index >= 15 is 0 Å². The van der Waals surface area contributed by atoms with Gasteiger partial charge in [-0.2, -0.15) is 0 Å². The quantitative estimate of drug-likeness (QED) is 0.579. The Kier molecular flexibility index (Phi) is 7.65. The fraction of sp³-hybridized carbons (Fsp3) is 0.464. The molecule has 3 N–H and O–H groups in total. The summed E-state index contributed by atoms with van der Waals surface area (Å²) in [6.07, 6.45) is 2.99. The van der Waals surface area contributed by atoms with Crippen LogP contribution in [0.1, 0.15) is 35.2 Å². The van der Waals surface area contributed by atoms with Crippen molar-refractivity contribution in [3.05, 3.63) is 65.7 Å². The number of anilines is 1. The molecule has 2 aliphatic heterocycles. The highest BCUT2D eigenvalue weighted by molar-refractivity contribution is 5.94. The molecular weight excluding hydrogens is 438 g/mol. The first-order valence-electron chi connectivity index (χ1n) is 12.7. The van der Waals surface area contributed by atoms with Gasteiger partial charge in [0.2, 0.25) is 0 Å². The number of carbonyl (C=O) groups excluding carboxylic acids is 1. The maximum absolute atomic E-state index is 12.9. The van der Waals surface area contributed by atoms with E-state index in [0.29, 0.717) is 18.1 Å². The van der Waals surface area contributed by atoms with Gasteiger partial charge in [-0.3, -0.25) is 10.2 Å². The highest BCUT2D eigenvalue weighted by Crippen LogP contribution is 2.31. The molecule has 2 aromatic carbocycles. The molecule has 0 spiro atoms. The lowest BCUT2D eigenvalue weighted by molar-refractivity contribution is 0.0287. The second-order valence-electron chi connectivity index (χ2n) is 9.76. The van der Waals surface area contributed by atoms with Crippen molar-refractivity contribution < 1.29 is 9.53 Å². The molecule has 2 aromatic rings. The van der Waals surface area contributed by atoms with Crippen LogP contribution >= 0.6 is 0 Å². The third-order valence-corrected chi connectivity index (χ3v) is 7.39. The van der Waals surface area contributed by atoms with Gasteiger partial charge in [0.1, 0.15) is 6.61 Å². The molecule has 1 saturated carbocycles. The van der Waals surface area contributed by atoms with Crippen molar-refractivity contribution in [3.8, 4) is 11.8 Å². The van der Waals surface area contributed by atoms with Gasteiger partial charge < -0.3 is 19.9 Å². The number of hydrazine groups is 1. The molecule has 7 heteroatoms. The minimum Gasteiger partial charge on any atom is -0.369 e. The second kappa shape index (κ2) is 11.2. The smallest absolute Gasteiger partial charge is 0.252 e. The fourth-order valence-corrected chi connectivity index (χ4v) is 5.25. The van der Waals surface area contributed by atoms with Crippen molar-refractivity contribution in [2.45, 2.75) is 37.6 Å². The van der Waals surface area contributed by atoms with Crippen LogP contribution in [-0.4, -0.2) is 69.0 Å². The summed E-state index contributed by atoms with van der Waals surface area (Å²) in [4.78, 5) is 17.6. The number of carbonyl (C=O) groups is 1. The highest BCUT2D eigenvalue weighted by Gasteiger charge is 2.41. The van der Waals surface area contributed by atoms with Crippen molar-refractivity contribution >= 4 is 11.6 Å². The van der Waals surface area contributed by atoms with E-state index in [2.05, 4.69) is 57.0 Å². The van der Waals surface area contributed by atoms with Gasteiger partial charge in [0.15, 0.2) is 0 Å². The van der Waals surface area contributed by atoms with E-state index in [-0.39, 0.29) is 24.2 Å². The van der Waals surface area contributed by atoms with Crippen LogP contribution in [0.3, 0.4) is 0 Å². The largest absolute Gasteiger partial charge is 0.369 e. The predicted octanol–water partition coefficient (Wildman–Crippen LogP) is 2.21. The van der Waals surface area contributed by atoms with Crippen LogP contribution in [0.4, 0.5) is 5.69 Å². The summed E-state index contributed by atoms with van der Waals surface area (Å²) in [6.45, 7) is 4.62. The maximum Gasteiger partial charge on any atom is 0.252 e. The monoisotopic (exact) mass is 473 g/mol. The molecule has 5 rings (SSSR count). The molecule has 3 fully saturated rings. The molecule has 2 heterocycles. The van der Waals surface area contributed by atoms with Crippen LogP contribution in [-0.2, 0) is 4.74 Å². The summed E-state index contributed by atoms with van der Waals surface area (Å²) < 4.78 is 6.03. The number of fused-ring (bicyclic) bond motifs is 1. The van der Waals surface area contributed by atoms with Crippen molar-refractivity contribution in [3.63, 3.8) is 0 Å². The van der Waals surface area contributed by atoms with E-state index in [9.17, 15) is 4.79 Å². The van der Waals surface area contributed by atoms with Crippen LogP contribution in [0.25, 0.3) is 0 Å². The van der Waals surface area contributed by atoms with Gasteiger partial charge in [-0.25, -0.2) is 5.43 Å². The average Bonchev–Trinajstić information content (AvgIpc) is 3.29. The van der Waals surface area contributed by atoms with E-state index in [0.717, 1.165) is 51.0 Å². The van der Waals surface area contributed by atoms with Gasteiger partial charge in [-0.05, 0) is 62.7 Å². The van der Waals surface area contributed by atoms with Crippen molar-refractivity contribution in [1.29, 1.82) is 0 Å². The van der Waals surface area contributed by atoms with Crippen molar-refractivity contribution in [1.82, 2.24) is 21.1 Å². The molecule has 1 amide bonds. The Morgan fingerprint density at radius 3 is 2.57 bits per heavy atom. The molecule has 4 atom stereocenters. The molecule has 4 unspecified atom stereocenters. The number of nitrogens with one attached hydrogen (secondary N) is 3. The summed E-state index contributed by atoms with van der Waals surface area (Å²) in [7, 11) is 2.16. The molecule has 35 heavy (non-hydrogen) atoms. The lowest BCUT2D eigenvalue weighted by atomic mass is 9.82. The average molecular weight is 474 g/mol. The van der Waals surface area contributed by atoms with Gasteiger partial charge in [0.05, 0.1) is 12.3 Å². The Labute approximate surface area is 208 Å². The summed E-state index contributed by atoms with van der Waals surface area (Å²) in [5, 5.41) is 3.19. The number of ether oxygens (including phenoxy) is 1. The van der Waals surface area contributed by atoms with Crippen molar-refractivity contribution in [2.24, 2.45) is 5.92 Å². The Bertz CT molecular complexity index is 1040. The topological polar surface area (TPSA) is 68.9 Å². The minimum absolute atomic E-state index is 0.0376. The third kappa shape index (κ3) is 6.03. The molecule has 184 valence electrons. The zero-order valence-electron chi connectivity index (χ0n) is 20.4. The van der Waals surface area contributed by atoms with E-state index in [4.69, 9.17) is 4.74 Å². The van der Waals surface area contributed by atoms with E-state index in [1.165, 1.54) is 5.69 Å². The van der Waals surface area contributed by atoms with Crippen LogP contribution in [0.15, 0.2) is 54.6 Å². The number of amides is 1. The Morgan fingerprint density at radius 2 is 1.80 bits per heavy atom. The number of likely N-dealkylation sites (N-methyl/N-ethyl adjacent to an activating group) is 1. The fourth-order valence-electron chi connectivity index (χ4n) is 5.25. The van der Waals surface area contributed by atoms with E-state index in [1.807, 2.05) is 42.5 Å². The molecule has 0 bridgehead atoms. The highest BCUT2D eigenvalue weighted by atomic mass is 16.5. The van der Waals surface area contributed by atoms with Gasteiger partial charge >= 0.3 is 0 Å². The zero-order valence-corrected chi connectivity index (χ0v) is 20.4. The third-order valence-electron chi connectivity index (χ3n) is 7.39. The molecule has 3 aliphatic rings. The molecule has 0 aromatic heterocycles. The van der Waals surface area contributed by atoms with Gasteiger partial charge in [0.25, 0.3) is 5.91 Å². The minimum atomic E-state index is -0.0800. The number of nitrogens with zero attached hydrogens (tertiary/aromatic N) is 2. The van der Waals surface area contributed by atoms with Gasteiger partial charge in [-0.15, -0.1) is 0 Å². The van der Waals surface area contributed by atoms with Crippen LogP contribution < -0.4 is 21.1 Å². The molecule has 7 nitrogen and oxygen atoms in total. The standard InChI is InChI=1S/C28H35N5O2/c1-32-15-17-33(18-16-32)23-11-9-22(10-12-23)28(34)29-27-25-14-13-24(20-26(25)30-31-27)35-19-5-8-21-6-3-2-4-7-21/h2-4,6-7,9-12,24-27,30-31H,13-20H2,1H3,(H,29,34). The van der Waals surface area contributed by atoms with Crippen molar-refractivity contribution in [2.75, 3.05) is 44.7 Å². The first kappa shape index (κ1) is 23.8. The first-order chi connectivity index (χ1) is 17.2. The molecule has 2 saturated heterocycles. The SMILES string of the molecule is CN1CCN(c2ccc(C(=O)NC3NNC4CC(OCC#Cc5ccccc5)CCC43)cc2)CC1. The second-order valence-corrected chi connectivity index (χ2v) is 9.76. The molecule has 0 radical (unpaired) electrons. The molecule has 1 aliphatic carbocycles. The first-order valence-corrected chi connectivity index (χ1v) is 12.7. The summed E-state index contributed by atoms with van der Waals surface area (Å²) in [5.74, 6) is 6.57. The number of piperazine rings is 1. The summed E-state index contributed by atoms with van der Waals surface area (Å²) >= 11 is 0. The lowest BCUT2D eigenvalue weighted by Crippen LogP contribution is -2.47. The Morgan fingerprint density at radius 1 is 1.03 bits per heavy atom. The van der Waals surface area contributed by atoms with E-state index in [1.54, 1.807) is 0 Å². The number of hydrogen-bond acceptors (Lipinski definition) is 6. The summed E-state index contributed by atoms with van der Waals surface area (Å²) in [5.41, 5.74) is 9.56. The predicted molar refractivity (Wildman–Crippen MR) is 138 cm³/mol. The number of rotatable bonds is 5. The number of hydrogen-bond donors (Lipinski definition) is 3. The Balaban J connectivity index is 1.08. The van der Waals surface area contributed by atoms with Crippen LogP contribution in [0, 0.1) is 17.8 Å². The zero-order chi connectivity index (χ0) is 24.0. The molecular formula is C28H35N5O2. The lowest BCUT2D eigenvalue weighted by Gasteiger charge is -2.34. The normalized spacial score (nSPS) is 26.5. The van der Waals surface area contributed by atoms with E-state index < -0.39 is 0 Å². The Hall–Kier alpha value is -2.89. The van der Waals surface area contributed by atoms with Gasteiger partial charge in [0, 0.05) is 55.0 Å². The maximum atomic E-state index is 12.9. The van der Waals surface area contributed by atoms with Crippen LogP contribution in [0.5, 0.6) is 0 Å². The number of benzene rings is 2. The van der Waals surface area contributed by atoms with Crippen LogP contribution in [0.2, 0.25) is 0 Å². The van der Waals surface area contributed by atoms with Gasteiger partial charge in [-0.1, -0.05) is 30.0 Å².